The lowest BCUT2D eigenvalue weighted by Crippen LogP contribution is -2.40. The number of benzene rings is 1. The van der Waals surface area contributed by atoms with Gasteiger partial charge in [0, 0.05) is 12.0 Å². The van der Waals surface area contributed by atoms with E-state index in [1.54, 1.807) is 0 Å². The van der Waals surface area contributed by atoms with Gasteiger partial charge in [0.2, 0.25) is 5.91 Å². The lowest BCUT2D eigenvalue weighted by Gasteiger charge is -2.21. The number of hydrogen-bond donors (Lipinski definition) is 2. The van der Waals surface area contributed by atoms with Gasteiger partial charge in [-0.15, -0.1) is 0 Å². The number of ether oxygens (including phenoxy) is 2. The molecule has 1 aliphatic heterocycles. The first kappa shape index (κ1) is 17.7. The molecule has 1 heterocycles. The molecule has 130 valence electrons. The van der Waals surface area contributed by atoms with Crippen molar-refractivity contribution in [3.63, 3.8) is 0 Å². The van der Waals surface area contributed by atoms with E-state index in [0.717, 1.165) is 6.07 Å². The van der Waals surface area contributed by atoms with Crippen molar-refractivity contribution >= 4 is 17.5 Å². The Labute approximate surface area is 138 Å². The molecule has 9 heteroatoms. The largest absolute Gasteiger partial charge is 0.493 e. The minimum Gasteiger partial charge on any atom is -0.493 e. The summed E-state index contributed by atoms with van der Waals surface area (Å²) in [5.74, 6) is -1.24. The molecule has 2 amide bonds. The molecule has 1 aromatic carbocycles. The summed E-state index contributed by atoms with van der Waals surface area (Å²) in [4.78, 5) is 35.0. The maximum Gasteiger partial charge on any atom is 0.286 e. The van der Waals surface area contributed by atoms with Crippen LogP contribution in [0.3, 0.4) is 0 Å². The van der Waals surface area contributed by atoms with Crippen LogP contribution in [0.25, 0.3) is 0 Å². The molecule has 0 unspecified atom stereocenters. The third kappa shape index (κ3) is 3.80. The number of rotatable bonds is 5. The highest BCUT2D eigenvalue weighted by Crippen LogP contribution is 2.34. The molecular weight excluding hydrogens is 318 g/mol. The van der Waals surface area contributed by atoms with E-state index in [-0.39, 0.29) is 23.0 Å². The van der Waals surface area contributed by atoms with Crippen molar-refractivity contribution in [1.29, 1.82) is 0 Å². The molecule has 2 N–H and O–H groups in total. The summed E-state index contributed by atoms with van der Waals surface area (Å²) in [5, 5.41) is 16.6. The van der Waals surface area contributed by atoms with E-state index in [1.165, 1.54) is 20.3 Å². The number of nitro benzene ring substituents is 1. The van der Waals surface area contributed by atoms with Crippen LogP contribution >= 0.6 is 0 Å². The molecule has 1 fully saturated rings. The molecule has 0 atom stereocenters. The average Bonchev–Trinajstić information content (AvgIpc) is 2.60. The van der Waals surface area contributed by atoms with Gasteiger partial charge >= 0.3 is 0 Å². The van der Waals surface area contributed by atoms with Crippen molar-refractivity contribution < 1.29 is 24.0 Å². The fourth-order valence-electron chi connectivity index (χ4n) is 2.57. The number of nitro groups is 1. The maximum atomic E-state index is 12.3. The van der Waals surface area contributed by atoms with Gasteiger partial charge < -0.3 is 14.8 Å². The number of amides is 2. The zero-order valence-electron chi connectivity index (χ0n) is 13.5. The van der Waals surface area contributed by atoms with Gasteiger partial charge in [-0.1, -0.05) is 0 Å². The molecule has 1 saturated heterocycles. The van der Waals surface area contributed by atoms with Gasteiger partial charge in [-0.3, -0.25) is 25.0 Å². The van der Waals surface area contributed by atoms with E-state index in [0.29, 0.717) is 25.9 Å². The van der Waals surface area contributed by atoms with E-state index < -0.39 is 22.4 Å². The summed E-state index contributed by atoms with van der Waals surface area (Å²) >= 11 is 0. The van der Waals surface area contributed by atoms with Gasteiger partial charge in [0.25, 0.3) is 11.6 Å². The van der Waals surface area contributed by atoms with Gasteiger partial charge in [-0.05, 0) is 25.9 Å². The lowest BCUT2D eigenvalue weighted by atomic mass is 9.97. The number of carbonyl (C=O) groups excluding carboxylic acids is 2. The fraction of sp³-hybridized carbons (Fsp3) is 0.467. The number of nitrogens with zero attached hydrogens (tertiary/aromatic N) is 1. The van der Waals surface area contributed by atoms with E-state index >= 15 is 0 Å². The molecule has 0 spiro atoms. The molecule has 9 nitrogen and oxygen atoms in total. The number of carbonyl (C=O) groups is 2. The number of nitrogens with one attached hydrogen (secondary N) is 2. The van der Waals surface area contributed by atoms with Crippen molar-refractivity contribution in [3.8, 4) is 11.5 Å². The average molecular weight is 337 g/mol. The van der Waals surface area contributed by atoms with Crippen LogP contribution in [-0.2, 0) is 4.79 Å². The summed E-state index contributed by atoms with van der Waals surface area (Å²) in [7, 11) is 2.69. The zero-order chi connectivity index (χ0) is 17.7. The Morgan fingerprint density at radius 1 is 1.21 bits per heavy atom. The smallest absolute Gasteiger partial charge is 0.286 e. The van der Waals surface area contributed by atoms with Gasteiger partial charge in [0.1, 0.15) is 5.56 Å². The molecule has 24 heavy (non-hydrogen) atoms. The molecular formula is C15H19N3O6. The molecule has 1 aromatic rings. The Kier molecular flexibility index (Phi) is 5.69. The minimum atomic E-state index is -0.828. The first-order valence-corrected chi connectivity index (χ1v) is 7.44. The number of hydrogen-bond acceptors (Lipinski definition) is 7. The predicted molar refractivity (Wildman–Crippen MR) is 84.3 cm³/mol. The first-order valence-electron chi connectivity index (χ1n) is 7.44. The summed E-state index contributed by atoms with van der Waals surface area (Å²) in [6.07, 6.45) is 1.24. The molecule has 0 aromatic heterocycles. The van der Waals surface area contributed by atoms with Crippen molar-refractivity contribution in [2.75, 3.05) is 27.3 Å². The molecule has 0 bridgehead atoms. The third-order valence-electron chi connectivity index (χ3n) is 3.89. The molecule has 0 radical (unpaired) electrons. The van der Waals surface area contributed by atoms with Gasteiger partial charge in [0.15, 0.2) is 11.5 Å². The van der Waals surface area contributed by atoms with Gasteiger partial charge in [0.05, 0.1) is 25.2 Å². The van der Waals surface area contributed by atoms with Crippen LogP contribution in [0.15, 0.2) is 12.1 Å². The van der Waals surface area contributed by atoms with Crippen LogP contribution in [0.1, 0.15) is 23.2 Å². The lowest BCUT2D eigenvalue weighted by molar-refractivity contribution is -0.385. The van der Waals surface area contributed by atoms with E-state index in [2.05, 4.69) is 10.6 Å². The van der Waals surface area contributed by atoms with Crippen LogP contribution < -0.4 is 20.1 Å². The second-order valence-electron chi connectivity index (χ2n) is 5.32. The molecule has 0 saturated carbocycles. The standard InChI is InChI=1S/C15H19N3O6/c1-23-12-7-10(11(18(21)22)8-13(12)24-2)15(20)17-14(19)9-3-5-16-6-4-9/h7-9,16H,3-6H2,1-2H3,(H,17,19,20). The molecule has 0 aliphatic carbocycles. The summed E-state index contributed by atoms with van der Waals surface area (Å²) in [6, 6.07) is 2.30. The van der Waals surface area contributed by atoms with E-state index in [1.807, 2.05) is 0 Å². The van der Waals surface area contributed by atoms with Crippen LogP contribution in [0.5, 0.6) is 11.5 Å². The van der Waals surface area contributed by atoms with Gasteiger partial charge in [-0.2, -0.15) is 0 Å². The monoisotopic (exact) mass is 337 g/mol. The van der Waals surface area contributed by atoms with Gasteiger partial charge in [-0.25, -0.2) is 0 Å². The highest BCUT2D eigenvalue weighted by Gasteiger charge is 2.28. The molecule has 2 rings (SSSR count). The Bertz CT molecular complexity index is 655. The predicted octanol–water partition coefficient (Wildman–Crippen LogP) is 0.868. The normalized spacial score (nSPS) is 14.8. The van der Waals surface area contributed by atoms with Crippen molar-refractivity contribution in [2.24, 2.45) is 5.92 Å². The second kappa shape index (κ2) is 7.73. The summed E-state index contributed by atoms with van der Waals surface area (Å²) < 4.78 is 10.1. The van der Waals surface area contributed by atoms with Crippen molar-refractivity contribution in [3.05, 3.63) is 27.8 Å². The molecule has 1 aliphatic rings. The topological polar surface area (TPSA) is 120 Å². The highest BCUT2D eigenvalue weighted by molar-refractivity contribution is 6.07. The Morgan fingerprint density at radius 3 is 2.33 bits per heavy atom. The Morgan fingerprint density at radius 2 is 1.79 bits per heavy atom. The Hall–Kier alpha value is -2.68. The second-order valence-corrected chi connectivity index (χ2v) is 5.32. The first-order chi connectivity index (χ1) is 11.5. The third-order valence-corrected chi connectivity index (χ3v) is 3.89. The zero-order valence-corrected chi connectivity index (χ0v) is 13.5. The van der Waals surface area contributed by atoms with Crippen molar-refractivity contribution in [2.45, 2.75) is 12.8 Å². The fourth-order valence-corrected chi connectivity index (χ4v) is 2.57. The quantitative estimate of drug-likeness (QED) is 0.464. The Balaban J connectivity index is 2.26. The summed E-state index contributed by atoms with van der Waals surface area (Å²) in [5.41, 5.74) is -0.705. The highest BCUT2D eigenvalue weighted by atomic mass is 16.6. The minimum absolute atomic E-state index is 0.130. The number of methoxy groups -OCH3 is 2. The van der Waals surface area contributed by atoms with E-state index in [9.17, 15) is 19.7 Å². The maximum absolute atomic E-state index is 12.3. The van der Waals surface area contributed by atoms with Crippen molar-refractivity contribution in [1.82, 2.24) is 10.6 Å². The SMILES string of the molecule is COc1cc(C(=O)NC(=O)C2CCNCC2)c([N+](=O)[O-])cc1OC. The van der Waals surface area contributed by atoms with Crippen LogP contribution in [0.4, 0.5) is 5.69 Å². The van der Waals surface area contributed by atoms with Crippen LogP contribution in [0, 0.1) is 16.0 Å². The van der Waals surface area contributed by atoms with Crippen LogP contribution in [0.2, 0.25) is 0 Å². The number of imide groups is 1. The summed E-state index contributed by atoms with van der Waals surface area (Å²) in [6.45, 7) is 1.39. The van der Waals surface area contributed by atoms with Crippen LogP contribution in [-0.4, -0.2) is 44.0 Å². The van der Waals surface area contributed by atoms with E-state index in [4.69, 9.17) is 9.47 Å². The number of piperidine rings is 1.